The van der Waals surface area contributed by atoms with Crippen LogP contribution in [0.3, 0.4) is 0 Å². The molecule has 1 unspecified atom stereocenters. The molecule has 1 N–H and O–H groups in total. The molecule has 0 amide bonds. The summed E-state index contributed by atoms with van der Waals surface area (Å²) in [6.07, 6.45) is 1.45. The van der Waals surface area contributed by atoms with Crippen LogP contribution in [0, 0.1) is 5.41 Å². The van der Waals surface area contributed by atoms with Gasteiger partial charge in [0.2, 0.25) is 0 Å². The lowest BCUT2D eigenvalue weighted by Crippen LogP contribution is -2.08. The van der Waals surface area contributed by atoms with Crippen molar-refractivity contribution in [2.24, 2.45) is 5.41 Å². The van der Waals surface area contributed by atoms with Gasteiger partial charge < -0.3 is 9.84 Å². The van der Waals surface area contributed by atoms with Crippen LogP contribution in [0.25, 0.3) is 0 Å². The van der Waals surface area contributed by atoms with E-state index < -0.39 is 0 Å². The van der Waals surface area contributed by atoms with Gasteiger partial charge in [0.1, 0.15) is 5.75 Å². The lowest BCUT2D eigenvalue weighted by molar-refractivity contribution is 0.147. The molecule has 0 heterocycles. The lowest BCUT2D eigenvalue weighted by Gasteiger charge is -2.20. The Morgan fingerprint density at radius 2 is 1.75 bits per heavy atom. The summed E-state index contributed by atoms with van der Waals surface area (Å²) in [5.41, 5.74) is 1.23. The first-order valence-corrected chi connectivity index (χ1v) is 5.74. The van der Waals surface area contributed by atoms with Crippen molar-refractivity contribution >= 4 is 0 Å². The van der Waals surface area contributed by atoms with Crippen molar-refractivity contribution < 1.29 is 9.84 Å². The Morgan fingerprint density at radius 1 is 1.19 bits per heavy atom. The van der Waals surface area contributed by atoms with Crippen molar-refractivity contribution in [3.63, 3.8) is 0 Å². The van der Waals surface area contributed by atoms with Gasteiger partial charge in [0.05, 0.1) is 13.2 Å². The van der Waals surface area contributed by atoms with Crippen molar-refractivity contribution in [3.05, 3.63) is 29.8 Å². The quantitative estimate of drug-likeness (QED) is 0.844. The summed E-state index contributed by atoms with van der Waals surface area (Å²) in [4.78, 5) is 0. The maximum atomic E-state index is 10.0. The average molecular weight is 222 g/mol. The van der Waals surface area contributed by atoms with Crippen LogP contribution in [0.5, 0.6) is 5.75 Å². The van der Waals surface area contributed by atoms with Gasteiger partial charge in [0.25, 0.3) is 0 Å². The van der Waals surface area contributed by atoms with E-state index in [0.29, 0.717) is 0 Å². The molecule has 0 saturated heterocycles. The van der Waals surface area contributed by atoms with Crippen molar-refractivity contribution in [2.75, 3.05) is 7.11 Å². The van der Waals surface area contributed by atoms with Crippen molar-refractivity contribution in [3.8, 4) is 5.75 Å². The number of hydrogen-bond donors (Lipinski definition) is 1. The topological polar surface area (TPSA) is 29.5 Å². The zero-order chi connectivity index (χ0) is 12.2. The molecule has 0 aliphatic rings. The van der Waals surface area contributed by atoms with Gasteiger partial charge in [-0.15, -0.1) is 0 Å². The highest BCUT2D eigenvalue weighted by atomic mass is 16.5. The molecule has 2 nitrogen and oxygen atoms in total. The fraction of sp³-hybridized carbons (Fsp3) is 0.571. The van der Waals surface area contributed by atoms with Gasteiger partial charge in [-0.25, -0.2) is 0 Å². The Morgan fingerprint density at radius 3 is 2.19 bits per heavy atom. The summed E-state index contributed by atoms with van der Waals surface area (Å²) in [5, 5.41) is 10.0. The van der Waals surface area contributed by atoms with E-state index in [9.17, 15) is 5.11 Å². The number of ether oxygens (including phenoxy) is 1. The zero-order valence-corrected chi connectivity index (χ0v) is 10.7. The van der Waals surface area contributed by atoms with E-state index >= 15 is 0 Å². The van der Waals surface area contributed by atoms with Crippen LogP contribution < -0.4 is 4.74 Å². The van der Waals surface area contributed by atoms with Gasteiger partial charge in [-0.1, -0.05) is 32.9 Å². The summed E-state index contributed by atoms with van der Waals surface area (Å²) < 4.78 is 5.08. The molecule has 1 rings (SSSR count). The van der Waals surface area contributed by atoms with E-state index in [4.69, 9.17) is 4.74 Å². The Balaban J connectivity index is 2.56. The Labute approximate surface area is 98.3 Å². The summed E-state index contributed by atoms with van der Waals surface area (Å²) in [6, 6.07) is 7.61. The van der Waals surface area contributed by atoms with Crippen LogP contribution >= 0.6 is 0 Å². The van der Waals surface area contributed by atoms with Gasteiger partial charge in [-0.2, -0.15) is 0 Å². The summed E-state index contributed by atoms with van der Waals surface area (Å²) in [6.45, 7) is 6.56. The Bertz CT molecular complexity index is 309. The third kappa shape index (κ3) is 4.23. The second-order valence-corrected chi connectivity index (χ2v) is 5.39. The number of hydrogen-bond acceptors (Lipinski definition) is 2. The highest BCUT2D eigenvalue weighted by molar-refractivity contribution is 5.28. The normalized spacial score (nSPS) is 13.6. The van der Waals surface area contributed by atoms with Gasteiger partial charge in [0.15, 0.2) is 0 Å². The van der Waals surface area contributed by atoms with E-state index in [1.165, 1.54) is 0 Å². The highest BCUT2D eigenvalue weighted by Crippen LogP contribution is 2.27. The number of rotatable bonds is 4. The van der Waals surface area contributed by atoms with Crippen LogP contribution in [-0.4, -0.2) is 12.2 Å². The molecule has 0 aliphatic carbocycles. The summed E-state index contributed by atoms with van der Waals surface area (Å²) in [5.74, 6) is 0.826. The molecule has 1 aromatic rings. The van der Waals surface area contributed by atoms with E-state index in [1.807, 2.05) is 24.3 Å². The zero-order valence-electron chi connectivity index (χ0n) is 10.7. The molecule has 16 heavy (non-hydrogen) atoms. The van der Waals surface area contributed by atoms with E-state index in [0.717, 1.165) is 24.2 Å². The second kappa shape index (κ2) is 5.35. The SMILES string of the molecule is COc1ccc(C(O)CCC(C)(C)C)cc1. The number of benzene rings is 1. The first-order valence-electron chi connectivity index (χ1n) is 5.74. The molecule has 1 aromatic carbocycles. The molecule has 0 spiro atoms. The van der Waals surface area contributed by atoms with Crippen molar-refractivity contribution in [1.29, 1.82) is 0 Å². The summed E-state index contributed by atoms with van der Waals surface area (Å²) >= 11 is 0. The number of methoxy groups -OCH3 is 1. The molecular weight excluding hydrogens is 200 g/mol. The van der Waals surface area contributed by atoms with Crippen molar-refractivity contribution in [2.45, 2.75) is 39.7 Å². The third-order valence-corrected chi connectivity index (χ3v) is 2.67. The van der Waals surface area contributed by atoms with Gasteiger partial charge in [0, 0.05) is 0 Å². The fourth-order valence-corrected chi connectivity index (χ4v) is 1.56. The van der Waals surface area contributed by atoms with E-state index in [-0.39, 0.29) is 11.5 Å². The average Bonchev–Trinajstić information content (AvgIpc) is 2.25. The molecule has 1 atom stereocenters. The molecule has 0 saturated carbocycles. The lowest BCUT2D eigenvalue weighted by atomic mass is 9.88. The number of aliphatic hydroxyl groups excluding tert-OH is 1. The molecule has 0 bridgehead atoms. The summed E-state index contributed by atoms with van der Waals surface area (Å²) in [7, 11) is 1.64. The van der Waals surface area contributed by atoms with Gasteiger partial charge in [-0.3, -0.25) is 0 Å². The molecule has 2 heteroatoms. The standard InChI is InChI=1S/C14H22O2/c1-14(2,3)10-9-13(15)11-5-7-12(16-4)8-6-11/h5-8,13,15H,9-10H2,1-4H3. The monoisotopic (exact) mass is 222 g/mol. The van der Waals surface area contributed by atoms with Crippen LogP contribution in [0.2, 0.25) is 0 Å². The molecule has 0 radical (unpaired) electrons. The van der Waals surface area contributed by atoms with E-state index in [1.54, 1.807) is 7.11 Å². The van der Waals surface area contributed by atoms with Crippen molar-refractivity contribution in [1.82, 2.24) is 0 Å². The molecule has 0 aromatic heterocycles. The number of aliphatic hydroxyl groups is 1. The molecule has 90 valence electrons. The maximum Gasteiger partial charge on any atom is 0.118 e. The molecular formula is C14H22O2. The fourth-order valence-electron chi connectivity index (χ4n) is 1.56. The van der Waals surface area contributed by atoms with Crippen LogP contribution in [0.4, 0.5) is 0 Å². The first-order chi connectivity index (χ1) is 7.42. The highest BCUT2D eigenvalue weighted by Gasteiger charge is 2.14. The first kappa shape index (κ1) is 13.0. The predicted molar refractivity (Wildman–Crippen MR) is 66.6 cm³/mol. The Hall–Kier alpha value is -1.02. The largest absolute Gasteiger partial charge is 0.497 e. The third-order valence-electron chi connectivity index (χ3n) is 2.67. The molecule has 0 fully saturated rings. The minimum Gasteiger partial charge on any atom is -0.497 e. The Kier molecular flexibility index (Phi) is 4.36. The molecule has 0 aliphatic heterocycles. The van der Waals surface area contributed by atoms with Crippen LogP contribution in [-0.2, 0) is 0 Å². The van der Waals surface area contributed by atoms with Crippen LogP contribution in [0.15, 0.2) is 24.3 Å². The van der Waals surface area contributed by atoms with Gasteiger partial charge in [-0.05, 0) is 36.0 Å². The van der Waals surface area contributed by atoms with E-state index in [2.05, 4.69) is 20.8 Å². The minimum atomic E-state index is -0.370. The minimum absolute atomic E-state index is 0.271. The smallest absolute Gasteiger partial charge is 0.118 e. The second-order valence-electron chi connectivity index (χ2n) is 5.39. The maximum absolute atomic E-state index is 10.0. The predicted octanol–water partition coefficient (Wildman–Crippen LogP) is 3.55. The van der Waals surface area contributed by atoms with Gasteiger partial charge >= 0.3 is 0 Å². The van der Waals surface area contributed by atoms with Crippen LogP contribution in [0.1, 0.15) is 45.3 Å².